The zero-order valence-corrected chi connectivity index (χ0v) is 40.8. The topological polar surface area (TPSA) is 93.0 Å². The van der Waals surface area contributed by atoms with Crippen LogP contribution in [0.5, 0.6) is 0 Å². The molecule has 2 aliphatic carbocycles. The predicted octanol–water partition coefficient (Wildman–Crippen LogP) is 13.6. The van der Waals surface area contributed by atoms with Crippen LogP contribution in [-0.2, 0) is 35.7 Å². The first-order valence-electron chi connectivity index (χ1n) is 20.7. The number of carbonyl (C=O) groups excluding carboxylic acids is 4. The molecule has 4 rings (SSSR count). The van der Waals surface area contributed by atoms with E-state index in [0.717, 1.165) is 22.8 Å². The molecular weight excluding hydrogens is 775 g/mol. The van der Waals surface area contributed by atoms with E-state index in [2.05, 4.69) is 91.8 Å². The van der Waals surface area contributed by atoms with E-state index < -0.39 is 0 Å². The normalized spacial score (nSPS) is 15.7. The van der Waals surface area contributed by atoms with E-state index in [9.17, 15) is 19.2 Å². The van der Waals surface area contributed by atoms with E-state index in [1.807, 2.05) is 83.1 Å². The van der Waals surface area contributed by atoms with Crippen LogP contribution in [0, 0.1) is 35.5 Å². The fourth-order valence-electron chi connectivity index (χ4n) is 6.59. The molecule has 0 unspecified atom stereocenters. The number of aliphatic imine (C=N–C) groups is 2. The number of para-hydroxylation sites is 2. The number of rotatable bonds is 5. The van der Waals surface area contributed by atoms with Gasteiger partial charge in [-0.25, -0.2) is 0 Å². The van der Waals surface area contributed by atoms with Crippen LogP contribution in [0.15, 0.2) is 93.0 Å². The van der Waals surface area contributed by atoms with E-state index in [1.54, 1.807) is 24.3 Å². The fourth-order valence-corrected chi connectivity index (χ4v) is 6.59. The first-order chi connectivity index (χ1) is 26.3. The Hall–Kier alpha value is -4.09. The van der Waals surface area contributed by atoms with Crippen molar-refractivity contribution in [1.82, 2.24) is 0 Å². The third-order valence-electron chi connectivity index (χ3n) is 10.3. The van der Waals surface area contributed by atoms with Crippen molar-refractivity contribution < 1.29 is 35.7 Å². The van der Waals surface area contributed by atoms with E-state index in [1.165, 1.54) is 22.3 Å². The number of benzene rings is 2. The molecule has 2 aliphatic rings. The van der Waals surface area contributed by atoms with Gasteiger partial charge >= 0.3 is 0 Å². The van der Waals surface area contributed by atoms with Gasteiger partial charge in [0.05, 0.1) is 22.8 Å². The average molecular weight is 848 g/mol. The summed E-state index contributed by atoms with van der Waals surface area (Å²) in [5.74, 6) is -0.495. The molecule has 0 amide bonds. The van der Waals surface area contributed by atoms with Crippen LogP contribution < -0.4 is 0 Å². The predicted molar refractivity (Wildman–Crippen MR) is 246 cm³/mol. The van der Waals surface area contributed by atoms with Crippen molar-refractivity contribution in [1.29, 1.82) is 0 Å². The van der Waals surface area contributed by atoms with E-state index in [0.29, 0.717) is 34.1 Å². The molecule has 6 nitrogen and oxygen atoms in total. The first kappa shape index (κ1) is 52.9. The number of aryl methyl sites for hydroxylation is 2. The second kappa shape index (κ2) is 20.5. The molecule has 324 valence electrons. The number of ketones is 4. The molecule has 0 heterocycles. The van der Waals surface area contributed by atoms with Crippen molar-refractivity contribution >= 4 is 45.9 Å². The minimum absolute atomic E-state index is 0. The van der Waals surface area contributed by atoms with Gasteiger partial charge in [-0.2, -0.15) is 0 Å². The van der Waals surface area contributed by atoms with Gasteiger partial charge in [-0.05, 0) is 83.4 Å². The third-order valence-corrected chi connectivity index (χ3v) is 10.3. The Morgan fingerprint density at radius 2 is 0.661 bits per heavy atom. The molecule has 0 aromatic heterocycles. The maximum Gasteiger partial charge on any atom is 0.229 e. The summed E-state index contributed by atoms with van der Waals surface area (Å²) in [6, 6.07) is 12.8. The maximum atomic E-state index is 12.0. The van der Waals surface area contributed by atoms with Gasteiger partial charge in [0, 0.05) is 38.8 Å². The van der Waals surface area contributed by atoms with Crippen LogP contribution in [0.3, 0.4) is 0 Å². The molecule has 0 saturated heterocycles. The summed E-state index contributed by atoms with van der Waals surface area (Å²) in [4.78, 5) is 57.8. The smallest absolute Gasteiger partial charge is 0.229 e. The standard InChI is InChI=1S/C24H32N2.2C14H20O2.Ni/c1-15(2)21-13-9-11-17(5)23(21)25-19(7)20(8)26-24-18(6)12-10-14-22(24)16(3)4;2*1-13(2,3)9-7-8-10(14(4,5)6)12(16)11(9)15;/h9-16H,1-8H3;2*7-8H,1-6H3;. The second-order valence-electron chi connectivity index (χ2n) is 20.4. The van der Waals surface area contributed by atoms with Crippen molar-refractivity contribution in [3.05, 3.63) is 105 Å². The Morgan fingerprint density at radius 1 is 0.441 bits per heavy atom. The van der Waals surface area contributed by atoms with Gasteiger partial charge in [-0.3, -0.25) is 29.2 Å². The van der Waals surface area contributed by atoms with E-state index >= 15 is 0 Å². The second-order valence-corrected chi connectivity index (χ2v) is 20.4. The summed E-state index contributed by atoms with van der Waals surface area (Å²) in [6.45, 7) is 40.6. The molecule has 0 atom stereocenters. The summed E-state index contributed by atoms with van der Waals surface area (Å²) in [5, 5.41) is 0. The zero-order valence-electron chi connectivity index (χ0n) is 39.8. The molecular formula is C52H72N2NiO4. The van der Waals surface area contributed by atoms with Gasteiger partial charge in [0.2, 0.25) is 23.1 Å². The Morgan fingerprint density at radius 3 is 0.847 bits per heavy atom. The van der Waals surface area contributed by atoms with Crippen LogP contribution in [0.4, 0.5) is 11.4 Å². The fraction of sp³-hybridized carbons (Fsp3) is 0.500. The van der Waals surface area contributed by atoms with Crippen molar-refractivity contribution in [2.45, 2.75) is 150 Å². The monoisotopic (exact) mass is 846 g/mol. The number of carbonyl (C=O) groups is 4. The Bertz CT molecular complexity index is 1870. The molecule has 0 radical (unpaired) electrons. The number of hydrogen-bond donors (Lipinski definition) is 0. The van der Waals surface area contributed by atoms with Gasteiger partial charge in [0.1, 0.15) is 0 Å². The van der Waals surface area contributed by atoms with Crippen LogP contribution in [0.25, 0.3) is 0 Å². The van der Waals surface area contributed by atoms with Crippen molar-refractivity contribution in [3.8, 4) is 0 Å². The van der Waals surface area contributed by atoms with Crippen LogP contribution in [0.2, 0.25) is 0 Å². The molecule has 2 aromatic carbocycles. The summed E-state index contributed by atoms with van der Waals surface area (Å²) in [7, 11) is 0. The molecule has 0 aliphatic heterocycles. The van der Waals surface area contributed by atoms with Crippen molar-refractivity contribution in [2.75, 3.05) is 0 Å². The first-order valence-corrected chi connectivity index (χ1v) is 20.7. The molecule has 0 N–H and O–H groups in total. The minimum atomic E-state index is -0.347. The molecule has 2 aromatic rings. The van der Waals surface area contributed by atoms with Gasteiger partial charge in [0.25, 0.3) is 0 Å². The molecule has 7 heteroatoms. The van der Waals surface area contributed by atoms with Crippen molar-refractivity contribution in [3.63, 3.8) is 0 Å². The quantitative estimate of drug-likeness (QED) is 0.130. The maximum absolute atomic E-state index is 12.0. The summed E-state index contributed by atoms with van der Waals surface area (Å²) >= 11 is 0. The Labute approximate surface area is 367 Å². The van der Waals surface area contributed by atoms with E-state index in [4.69, 9.17) is 9.98 Å². The van der Waals surface area contributed by atoms with Gasteiger partial charge in [0.15, 0.2) is 0 Å². The van der Waals surface area contributed by atoms with E-state index in [-0.39, 0.29) is 61.3 Å². The third kappa shape index (κ3) is 14.0. The van der Waals surface area contributed by atoms with Crippen LogP contribution >= 0.6 is 0 Å². The Kier molecular flexibility index (Phi) is 18.3. The minimum Gasteiger partial charge on any atom is -0.285 e. The molecule has 0 saturated carbocycles. The van der Waals surface area contributed by atoms with Crippen molar-refractivity contribution in [2.24, 2.45) is 31.6 Å². The average Bonchev–Trinajstić information content (AvgIpc) is 3.07. The number of nitrogens with zero attached hydrogens (tertiary/aromatic N) is 2. The number of Topliss-reactive ketones (excluding diaryl/α,β-unsaturated/α-hetero) is 4. The largest absolute Gasteiger partial charge is 0.285 e. The molecule has 0 bridgehead atoms. The SMILES string of the molecule is CC(=Nc1c(C)cccc1C(C)C)C(C)=Nc1c(C)cccc1C(C)C.CC(C)(C)C1=CC=C(C(C)(C)C)C(=O)C1=O.CC(C)(C)C1=CC=C(C(C)(C)C)C(=O)C1=O.[Ni]. The van der Waals surface area contributed by atoms with Gasteiger partial charge in [-0.15, -0.1) is 0 Å². The summed E-state index contributed by atoms with van der Waals surface area (Å²) in [6.07, 6.45) is 7.18. The van der Waals surface area contributed by atoms with Crippen LogP contribution in [-0.4, -0.2) is 34.6 Å². The van der Waals surface area contributed by atoms with Gasteiger partial charge in [-0.1, -0.05) is 171 Å². The number of hydrogen-bond acceptors (Lipinski definition) is 6. The zero-order chi connectivity index (χ0) is 44.9. The number of allylic oxidation sites excluding steroid dienone is 8. The summed E-state index contributed by atoms with van der Waals surface area (Å²) < 4.78 is 0. The molecule has 59 heavy (non-hydrogen) atoms. The summed E-state index contributed by atoms with van der Waals surface area (Å²) in [5.41, 5.74) is 10.4. The molecule has 0 fully saturated rings. The van der Waals surface area contributed by atoms with Gasteiger partial charge < -0.3 is 0 Å². The molecule has 0 spiro atoms. The Balaban J connectivity index is 0.000000461. The van der Waals surface area contributed by atoms with Crippen LogP contribution in [0.1, 0.15) is 159 Å².